The van der Waals surface area contributed by atoms with E-state index in [-0.39, 0.29) is 5.82 Å². The summed E-state index contributed by atoms with van der Waals surface area (Å²) in [7, 11) is 0. The lowest BCUT2D eigenvalue weighted by Crippen LogP contribution is -2.13. The zero-order chi connectivity index (χ0) is 13.7. The average molecular weight is 281 g/mol. The molecule has 0 saturated heterocycles. The molecule has 0 atom stereocenters. The van der Waals surface area contributed by atoms with Crippen LogP contribution in [0.5, 0.6) is 0 Å². The monoisotopic (exact) mass is 280 g/mol. The van der Waals surface area contributed by atoms with Gasteiger partial charge in [-0.15, -0.1) is 0 Å². The van der Waals surface area contributed by atoms with Crippen molar-refractivity contribution in [2.75, 3.05) is 6.54 Å². The number of hydrogen-bond acceptors (Lipinski definition) is 1. The van der Waals surface area contributed by atoms with Crippen molar-refractivity contribution >= 4 is 11.6 Å². The maximum atomic E-state index is 13.2. The first-order chi connectivity index (χ1) is 9.19. The fraction of sp³-hybridized carbons (Fsp3) is 0.333. The van der Waals surface area contributed by atoms with Crippen molar-refractivity contribution in [3.63, 3.8) is 0 Å². The second kappa shape index (κ2) is 6.73. The summed E-state index contributed by atoms with van der Waals surface area (Å²) in [5.41, 5.74) is 2.02. The van der Waals surface area contributed by atoms with Gasteiger partial charge in [-0.05, 0) is 48.4 Å². The van der Waals surface area contributed by atoms with Gasteiger partial charge in [0.15, 0.2) is 0 Å². The molecule has 0 radical (unpaired) electrons. The molecule has 4 heteroatoms. The quantitative estimate of drug-likeness (QED) is 0.796. The zero-order valence-corrected chi connectivity index (χ0v) is 11.8. The van der Waals surface area contributed by atoms with E-state index in [9.17, 15) is 4.39 Å². The molecule has 19 heavy (non-hydrogen) atoms. The van der Waals surface area contributed by atoms with Crippen LogP contribution in [0.3, 0.4) is 0 Å². The average Bonchev–Trinajstić information content (AvgIpc) is 2.82. The standard InChI is InChI=1S/C15H18ClFN2/c1-2-6-18-9-12-5-7-19(10-12)11-13-8-14(17)3-4-15(13)16/h3-5,7-8,10,18H,2,6,9,11H2,1H3. The highest BCUT2D eigenvalue weighted by Crippen LogP contribution is 2.18. The van der Waals surface area contributed by atoms with Crippen LogP contribution in [0.25, 0.3) is 0 Å². The summed E-state index contributed by atoms with van der Waals surface area (Å²) in [5.74, 6) is -0.253. The Kier molecular flexibility index (Phi) is 5.00. The van der Waals surface area contributed by atoms with Crippen LogP contribution < -0.4 is 5.32 Å². The molecule has 2 nitrogen and oxygen atoms in total. The van der Waals surface area contributed by atoms with Crippen LogP contribution in [0, 0.1) is 5.82 Å². The minimum Gasteiger partial charge on any atom is -0.350 e. The maximum absolute atomic E-state index is 13.2. The number of rotatable bonds is 6. The number of hydrogen-bond donors (Lipinski definition) is 1. The molecule has 2 rings (SSSR count). The Hall–Kier alpha value is -1.32. The van der Waals surface area contributed by atoms with Crippen LogP contribution in [0.4, 0.5) is 4.39 Å². The van der Waals surface area contributed by atoms with Crippen molar-refractivity contribution < 1.29 is 4.39 Å². The molecule has 0 spiro atoms. The van der Waals surface area contributed by atoms with Crippen LogP contribution >= 0.6 is 11.6 Å². The third-order valence-corrected chi connectivity index (χ3v) is 3.30. The SMILES string of the molecule is CCCNCc1ccn(Cc2cc(F)ccc2Cl)c1. The molecule has 0 aliphatic heterocycles. The first-order valence-corrected chi connectivity index (χ1v) is 6.86. The Balaban J connectivity index is 2.01. The molecule has 1 aromatic heterocycles. The predicted octanol–water partition coefficient (Wildman–Crippen LogP) is 3.83. The normalized spacial score (nSPS) is 10.9. The summed E-state index contributed by atoms with van der Waals surface area (Å²) in [4.78, 5) is 0. The third kappa shape index (κ3) is 4.08. The van der Waals surface area contributed by atoms with Gasteiger partial charge in [-0.1, -0.05) is 18.5 Å². The molecule has 0 aliphatic rings. The smallest absolute Gasteiger partial charge is 0.123 e. The van der Waals surface area contributed by atoms with E-state index in [1.54, 1.807) is 6.07 Å². The van der Waals surface area contributed by atoms with E-state index in [0.717, 1.165) is 25.1 Å². The Labute approximate surface area is 118 Å². The van der Waals surface area contributed by atoms with Gasteiger partial charge >= 0.3 is 0 Å². The lowest BCUT2D eigenvalue weighted by atomic mass is 10.2. The topological polar surface area (TPSA) is 17.0 Å². The first-order valence-electron chi connectivity index (χ1n) is 6.48. The summed E-state index contributed by atoms with van der Waals surface area (Å²) in [6, 6.07) is 6.52. The van der Waals surface area contributed by atoms with Gasteiger partial charge in [0.25, 0.3) is 0 Å². The lowest BCUT2D eigenvalue weighted by Gasteiger charge is -2.06. The minimum atomic E-state index is -0.253. The number of halogens is 2. The number of nitrogens with one attached hydrogen (secondary N) is 1. The number of aromatic nitrogens is 1. The highest BCUT2D eigenvalue weighted by molar-refractivity contribution is 6.31. The predicted molar refractivity (Wildman–Crippen MR) is 76.9 cm³/mol. The van der Waals surface area contributed by atoms with Gasteiger partial charge in [0, 0.05) is 30.5 Å². The minimum absolute atomic E-state index is 0.253. The third-order valence-electron chi connectivity index (χ3n) is 2.93. The summed E-state index contributed by atoms with van der Waals surface area (Å²) < 4.78 is 15.2. The summed E-state index contributed by atoms with van der Waals surface area (Å²) in [5, 5.41) is 3.95. The Morgan fingerprint density at radius 2 is 2.16 bits per heavy atom. The Bertz CT molecular complexity index is 537. The largest absolute Gasteiger partial charge is 0.350 e. The van der Waals surface area contributed by atoms with Crippen molar-refractivity contribution in [3.05, 3.63) is 58.6 Å². The molecule has 1 N–H and O–H groups in total. The van der Waals surface area contributed by atoms with Crippen molar-refractivity contribution in [1.82, 2.24) is 9.88 Å². The van der Waals surface area contributed by atoms with E-state index in [4.69, 9.17) is 11.6 Å². The summed E-state index contributed by atoms with van der Waals surface area (Å²) in [6.45, 7) is 4.60. The molecular weight excluding hydrogens is 263 g/mol. The van der Waals surface area contributed by atoms with Crippen molar-refractivity contribution in [1.29, 1.82) is 0 Å². The lowest BCUT2D eigenvalue weighted by molar-refractivity contribution is 0.623. The van der Waals surface area contributed by atoms with Gasteiger partial charge in [-0.25, -0.2) is 4.39 Å². The van der Waals surface area contributed by atoms with Gasteiger partial charge in [0.05, 0.1) is 0 Å². The Morgan fingerprint density at radius 3 is 2.95 bits per heavy atom. The van der Waals surface area contributed by atoms with Crippen LogP contribution in [-0.4, -0.2) is 11.1 Å². The van der Waals surface area contributed by atoms with Gasteiger partial charge in [0.1, 0.15) is 5.82 Å². The van der Waals surface area contributed by atoms with E-state index in [1.807, 2.05) is 10.8 Å². The summed E-state index contributed by atoms with van der Waals surface area (Å²) >= 11 is 6.06. The van der Waals surface area contributed by atoms with E-state index < -0.39 is 0 Å². The van der Waals surface area contributed by atoms with Gasteiger partial charge in [-0.3, -0.25) is 0 Å². The first kappa shape index (κ1) is 14.1. The molecule has 0 saturated carbocycles. The second-order valence-corrected chi connectivity index (χ2v) is 5.01. The molecule has 0 fully saturated rings. The number of benzene rings is 1. The molecular formula is C15H18ClFN2. The number of nitrogens with zero attached hydrogens (tertiary/aromatic N) is 1. The van der Waals surface area contributed by atoms with Gasteiger partial charge < -0.3 is 9.88 Å². The van der Waals surface area contributed by atoms with E-state index in [0.29, 0.717) is 11.6 Å². The second-order valence-electron chi connectivity index (χ2n) is 4.60. The molecule has 2 aromatic rings. The molecule has 0 aliphatic carbocycles. The summed E-state index contributed by atoms with van der Waals surface area (Å²) in [6.07, 6.45) is 5.17. The highest BCUT2D eigenvalue weighted by Gasteiger charge is 2.04. The van der Waals surface area contributed by atoms with E-state index >= 15 is 0 Å². The fourth-order valence-corrected chi connectivity index (χ4v) is 2.14. The molecule has 0 amide bonds. The van der Waals surface area contributed by atoms with Crippen molar-refractivity contribution in [2.24, 2.45) is 0 Å². The van der Waals surface area contributed by atoms with Gasteiger partial charge in [-0.2, -0.15) is 0 Å². The highest BCUT2D eigenvalue weighted by atomic mass is 35.5. The molecule has 102 valence electrons. The zero-order valence-electron chi connectivity index (χ0n) is 11.0. The Morgan fingerprint density at radius 1 is 1.32 bits per heavy atom. The molecule has 1 aromatic carbocycles. The molecule has 0 bridgehead atoms. The van der Waals surface area contributed by atoms with Crippen LogP contribution in [-0.2, 0) is 13.1 Å². The van der Waals surface area contributed by atoms with Crippen LogP contribution in [0.1, 0.15) is 24.5 Å². The molecule has 1 heterocycles. The van der Waals surface area contributed by atoms with Crippen molar-refractivity contribution in [2.45, 2.75) is 26.4 Å². The van der Waals surface area contributed by atoms with E-state index in [2.05, 4.69) is 24.5 Å². The van der Waals surface area contributed by atoms with Crippen molar-refractivity contribution in [3.8, 4) is 0 Å². The fourth-order valence-electron chi connectivity index (χ4n) is 1.96. The van der Waals surface area contributed by atoms with Crippen LogP contribution in [0.15, 0.2) is 36.7 Å². The van der Waals surface area contributed by atoms with E-state index in [1.165, 1.54) is 17.7 Å². The van der Waals surface area contributed by atoms with Crippen LogP contribution in [0.2, 0.25) is 5.02 Å². The molecule has 0 unspecified atom stereocenters. The maximum Gasteiger partial charge on any atom is 0.123 e. The van der Waals surface area contributed by atoms with Gasteiger partial charge in [0.2, 0.25) is 0 Å².